The predicted molar refractivity (Wildman–Crippen MR) is 80.4 cm³/mol. The molecule has 0 bridgehead atoms. The van der Waals surface area contributed by atoms with Crippen LogP contribution >= 0.6 is 0 Å². The molecule has 0 aromatic heterocycles. The van der Waals surface area contributed by atoms with Gasteiger partial charge in [-0.1, -0.05) is 0 Å². The smallest absolute Gasteiger partial charge is 0.150 e. The molecule has 0 spiro atoms. The van der Waals surface area contributed by atoms with Crippen molar-refractivity contribution < 1.29 is 8.42 Å². The number of hydrogen-bond donors (Lipinski definition) is 1. The maximum atomic E-state index is 11.5. The molecule has 1 atom stereocenters. The summed E-state index contributed by atoms with van der Waals surface area (Å²) >= 11 is 0. The van der Waals surface area contributed by atoms with Gasteiger partial charge in [0.25, 0.3) is 0 Å². The molecule has 0 aliphatic carbocycles. The largest absolute Gasteiger partial charge is 0.328 e. The predicted octanol–water partition coefficient (Wildman–Crippen LogP) is 0.0610. The van der Waals surface area contributed by atoms with E-state index in [0.717, 1.165) is 51.9 Å². The van der Waals surface area contributed by atoms with Gasteiger partial charge in [0.2, 0.25) is 0 Å². The van der Waals surface area contributed by atoms with Crippen molar-refractivity contribution in [3.05, 3.63) is 0 Å². The van der Waals surface area contributed by atoms with Gasteiger partial charge in [0.05, 0.1) is 11.5 Å². The summed E-state index contributed by atoms with van der Waals surface area (Å²) in [6, 6.07) is 1.56. The highest BCUT2D eigenvalue weighted by Crippen LogP contribution is 2.26. The molecule has 3 fully saturated rings. The Bertz CT molecular complexity index is 418. The Labute approximate surface area is 122 Å². The first-order valence-corrected chi connectivity index (χ1v) is 9.80. The normalized spacial score (nSPS) is 34.5. The lowest BCUT2D eigenvalue weighted by Crippen LogP contribution is -2.47. The van der Waals surface area contributed by atoms with Gasteiger partial charge in [-0.3, -0.25) is 9.80 Å². The van der Waals surface area contributed by atoms with Crippen LogP contribution in [-0.2, 0) is 9.84 Å². The van der Waals surface area contributed by atoms with Crippen LogP contribution in [0, 0.1) is 0 Å². The third-order valence-corrected chi connectivity index (χ3v) is 7.04. The van der Waals surface area contributed by atoms with E-state index in [0.29, 0.717) is 29.6 Å². The summed E-state index contributed by atoms with van der Waals surface area (Å²) < 4.78 is 23.0. The van der Waals surface area contributed by atoms with E-state index in [4.69, 9.17) is 5.73 Å². The average Bonchev–Trinajstić information content (AvgIpc) is 2.89. The molecule has 3 aliphatic rings. The number of sulfone groups is 1. The molecule has 6 heteroatoms. The van der Waals surface area contributed by atoms with Crippen LogP contribution < -0.4 is 5.73 Å². The van der Waals surface area contributed by atoms with Crippen LogP contribution in [0.2, 0.25) is 0 Å². The van der Waals surface area contributed by atoms with E-state index < -0.39 is 9.84 Å². The van der Waals surface area contributed by atoms with Crippen LogP contribution in [0.5, 0.6) is 0 Å². The number of nitrogens with zero attached hydrogens (tertiary/aromatic N) is 2. The molecule has 0 saturated carbocycles. The first kappa shape index (κ1) is 14.8. The number of nitrogens with two attached hydrogens (primary N) is 1. The molecular weight excluding hydrogens is 274 g/mol. The fourth-order valence-corrected chi connectivity index (χ4v) is 5.39. The lowest BCUT2D eigenvalue weighted by Gasteiger charge is -2.36. The fraction of sp³-hybridized carbons (Fsp3) is 1.00. The SMILES string of the molecule is NC1CCN(C2CCN(C3CCS(=O)(=O)CC3)C2)CC1. The second-order valence-corrected chi connectivity index (χ2v) is 9.00. The van der Waals surface area contributed by atoms with E-state index in [1.165, 1.54) is 6.42 Å². The van der Waals surface area contributed by atoms with Crippen molar-refractivity contribution in [2.75, 3.05) is 37.7 Å². The van der Waals surface area contributed by atoms with Gasteiger partial charge in [0.1, 0.15) is 9.84 Å². The molecule has 3 aliphatic heterocycles. The highest BCUT2D eigenvalue weighted by atomic mass is 32.2. The zero-order valence-corrected chi connectivity index (χ0v) is 13.0. The molecule has 0 aromatic rings. The summed E-state index contributed by atoms with van der Waals surface area (Å²) in [6.07, 6.45) is 5.15. The lowest BCUT2D eigenvalue weighted by atomic mass is 10.0. The third-order valence-electron chi connectivity index (χ3n) is 5.33. The Morgan fingerprint density at radius 1 is 0.800 bits per heavy atom. The highest BCUT2D eigenvalue weighted by molar-refractivity contribution is 7.91. The molecule has 20 heavy (non-hydrogen) atoms. The van der Waals surface area contributed by atoms with Crippen LogP contribution in [-0.4, -0.2) is 74.0 Å². The first-order valence-electron chi connectivity index (χ1n) is 7.97. The van der Waals surface area contributed by atoms with Gasteiger partial charge in [-0.25, -0.2) is 8.42 Å². The Morgan fingerprint density at radius 3 is 2.05 bits per heavy atom. The van der Waals surface area contributed by atoms with Gasteiger partial charge in [0, 0.05) is 31.2 Å². The minimum absolute atomic E-state index is 0.386. The molecule has 2 N–H and O–H groups in total. The van der Waals surface area contributed by atoms with Crippen molar-refractivity contribution in [1.82, 2.24) is 9.80 Å². The molecule has 3 saturated heterocycles. The summed E-state index contributed by atoms with van der Waals surface area (Å²) in [7, 11) is -2.74. The average molecular weight is 301 g/mol. The summed E-state index contributed by atoms with van der Waals surface area (Å²) in [5.41, 5.74) is 5.97. The Balaban J connectivity index is 1.50. The van der Waals surface area contributed by atoms with Crippen molar-refractivity contribution in [1.29, 1.82) is 0 Å². The summed E-state index contributed by atoms with van der Waals surface area (Å²) in [6.45, 7) is 4.54. The molecule has 0 aromatic carbocycles. The van der Waals surface area contributed by atoms with Crippen LogP contribution in [0.3, 0.4) is 0 Å². The minimum Gasteiger partial charge on any atom is -0.328 e. The summed E-state index contributed by atoms with van der Waals surface area (Å²) in [5.74, 6) is 0.773. The third kappa shape index (κ3) is 3.35. The lowest BCUT2D eigenvalue weighted by molar-refractivity contribution is 0.141. The molecule has 3 heterocycles. The number of hydrogen-bond acceptors (Lipinski definition) is 5. The van der Waals surface area contributed by atoms with E-state index in [2.05, 4.69) is 9.80 Å². The molecule has 5 nitrogen and oxygen atoms in total. The maximum absolute atomic E-state index is 11.5. The Kier molecular flexibility index (Phi) is 4.36. The van der Waals surface area contributed by atoms with E-state index in [9.17, 15) is 8.42 Å². The molecule has 116 valence electrons. The zero-order valence-electron chi connectivity index (χ0n) is 12.2. The van der Waals surface area contributed by atoms with Crippen LogP contribution in [0.4, 0.5) is 0 Å². The van der Waals surface area contributed by atoms with Crippen molar-refractivity contribution in [2.24, 2.45) is 5.73 Å². The van der Waals surface area contributed by atoms with Gasteiger partial charge >= 0.3 is 0 Å². The first-order chi connectivity index (χ1) is 9.53. The maximum Gasteiger partial charge on any atom is 0.150 e. The van der Waals surface area contributed by atoms with Gasteiger partial charge in [-0.2, -0.15) is 0 Å². The monoisotopic (exact) mass is 301 g/mol. The molecule has 3 rings (SSSR count). The number of rotatable bonds is 2. The van der Waals surface area contributed by atoms with Gasteiger partial charge < -0.3 is 5.73 Å². The topological polar surface area (TPSA) is 66.6 Å². The number of likely N-dealkylation sites (tertiary alicyclic amines) is 2. The minimum atomic E-state index is -2.74. The van der Waals surface area contributed by atoms with Crippen molar-refractivity contribution in [3.63, 3.8) is 0 Å². The quantitative estimate of drug-likeness (QED) is 0.781. The molecular formula is C14H27N3O2S. The highest BCUT2D eigenvalue weighted by Gasteiger charge is 2.35. The standard InChI is InChI=1S/C14H27N3O2S/c15-12-1-6-16(7-2-12)14-3-8-17(11-14)13-4-9-20(18,19)10-5-13/h12-14H,1-11,15H2. The number of piperidine rings is 1. The van der Waals surface area contributed by atoms with Crippen LogP contribution in [0.25, 0.3) is 0 Å². The second kappa shape index (κ2) is 5.91. The van der Waals surface area contributed by atoms with Gasteiger partial charge in [0.15, 0.2) is 0 Å². The second-order valence-electron chi connectivity index (χ2n) is 6.69. The summed E-state index contributed by atoms with van der Waals surface area (Å²) in [5, 5.41) is 0. The van der Waals surface area contributed by atoms with E-state index in [-0.39, 0.29) is 0 Å². The van der Waals surface area contributed by atoms with Crippen molar-refractivity contribution in [3.8, 4) is 0 Å². The summed E-state index contributed by atoms with van der Waals surface area (Å²) in [4.78, 5) is 5.14. The van der Waals surface area contributed by atoms with Gasteiger partial charge in [-0.05, 0) is 45.2 Å². The van der Waals surface area contributed by atoms with Crippen molar-refractivity contribution >= 4 is 9.84 Å². The van der Waals surface area contributed by atoms with Gasteiger partial charge in [-0.15, -0.1) is 0 Å². The molecule has 1 unspecified atom stereocenters. The molecule has 0 radical (unpaired) electrons. The van der Waals surface area contributed by atoms with Crippen molar-refractivity contribution in [2.45, 2.75) is 50.2 Å². The van der Waals surface area contributed by atoms with Crippen LogP contribution in [0.1, 0.15) is 32.1 Å². The molecule has 0 amide bonds. The van der Waals surface area contributed by atoms with E-state index in [1.54, 1.807) is 0 Å². The Morgan fingerprint density at radius 2 is 1.40 bits per heavy atom. The van der Waals surface area contributed by atoms with Crippen LogP contribution in [0.15, 0.2) is 0 Å². The van der Waals surface area contributed by atoms with E-state index in [1.807, 2.05) is 0 Å². The zero-order chi connectivity index (χ0) is 14.2. The fourth-order valence-electron chi connectivity index (χ4n) is 3.93. The van der Waals surface area contributed by atoms with E-state index >= 15 is 0 Å². The Hall–Kier alpha value is -0.170.